The Morgan fingerprint density at radius 2 is 2.06 bits per heavy atom. The van der Waals surface area contributed by atoms with Gasteiger partial charge in [-0.05, 0) is 42.5 Å². The molecule has 1 aromatic carbocycles. The van der Waals surface area contributed by atoms with Crippen molar-refractivity contribution in [2.45, 2.75) is 32.0 Å². The van der Waals surface area contributed by atoms with Crippen LogP contribution < -0.4 is 10.3 Å². The van der Waals surface area contributed by atoms with Gasteiger partial charge in [-0.15, -0.1) is 11.3 Å². The van der Waals surface area contributed by atoms with Crippen LogP contribution in [0.2, 0.25) is 0 Å². The number of carbonyl (C=O) groups is 1. The van der Waals surface area contributed by atoms with Crippen LogP contribution in [0, 0.1) is 0 Å². The van der Waals surface area contributed by atoms with E-state index in [9.17, 15) is 9.59 Å². The number of ether oxygens (including phenoxy) is 2. The minimum absolute atomic E-state index is 0.0362. The van der Waals surface area contributed by atoms with Gasteiger partial charge < -0.3 is 14.4 Å². The summed E-state index contributed by atoms with van der Waals surface area (Å²) in [6, 6.07) is 16.2. The zero-order valence-corrected chi connectivity index (χ0v) is 18.0. The van der Waals surface area contributed by atoms with Gasteiger partial charge in [0, 0.05) is 24.1 Å². The second kappa shape index (κ2) is 10.4. The number of amides is 1. The number of carbonyl (C=O) groups excluding carboxylic acids is 1. The van der Waals surface area contributed by atoms with Crippen molar-refractivity contribution in [3.63, 3.8) is 0 Å². The van der Waals surface area contributed by atoms with Gasteiger partial charge in [-0.2, -0.15) is 5.10 Å². The molecule has 1 saturated heterocycles. The number of hydrogen-bond acceptors (Lipinski definition) is 6. The number of nitrogens with zero attached hydrogens (tertiary/aromatic N) is 3. The Labute approximate surface area is 184 Å². The normalized spacial score (nSPS) is 15.7. The van der Waals surface area contributed by atoms with E-state index in [-0.39, 0.29) is 36.4 Å². The molecule has 4 rings (SSSR count). The maximum absolute atomic E-state index is 13.3. The number of benzene rings is 1. The van der Waals surface area contributed by atoms with Crippen LogP contribution in [0.1, 0.15) is 28.2 Å². The minimum Gasteiger partial charge on any atom is -0.492 e. The fourth-order valence-electron chi connectivity index (χ4n) is 3.50. The van der Waals surface area contributed by atoms with Crippen LogP contribution >= 0.6 is 11.3 Å². The predicted molar refractivity (Wildman–Crippen MR) is 118 cm³/mol. The first-order chi connectivity index (χ1) is 15.2. The fourth-order valence-corrected chi connectivity index (χ4v) is 4.22. The van der Waals surface area contributed by atoms with Crippen molar-refractivity contribution >= 4 is 17.2 Å². The van der Waals surface area contributed by atoms with E-state index in [2.05, 4.69) is 5.10 Å². The fraction of sp³-hybridized carbons (Fsp3) is 0.348. The molecule has 0 saturated carbocycles. The van der Waals surface area contributed by atoms with Crippen molar-refractivity contribution in [1.29, 1.82) is 0 Å². The van der Waals surface area contributed by atoms with Crippen LogP contribution in [0.3, 0.4) is 0 Å². The summed E-state index contributed by atoms with van der Waals surface area (Å²) in [6.07, 6.45) is 1.99. The second-order valence-corrected chi connectivity index (χ2v) is 8.37. The van der Waals surface area contributed by atoms with Crippen LogP contribution in [0.5, 0.6) is 5.75 Å². The smallest absolute Gasteiger partial charge is 0.274 e. The summed E-state index contributed by atoms with van der Waals surface area (Å²) in [6.45, 7) is 2.27. The molecule has 3 aromatic rings. The highest BCUT2D eigenvalue weighted by Crippen LogP contribution is 2.18. The topological polar surface area (TPSA) is 73.7 Å². The molecular formula is C23H25N3O4S. The number of thiophene rings is 1. The van der Waals surface area contributed by atoms with Gasteiger partial charge in [0.1, 0.15) is 18.1 Å². The van der Waals surface area contributed by atoms with E-state index < -0.39 is 0 Å². The van der Waals surface area contributed by atoms with E-state index in [1.165, 1.54) is 16.8 Å². The summed E-state index contributed by atoms with van der Waals surface area (Å²) in [7, 11) is 0. The average Bonchev–Trinajstić information content (AvgIpc) is 3.49. The van der Waals surface area contributed by atoms with Gasteiger partial charge in [-0.1, -0.05) is 24.3 Å². The summed E-state index contributed by atoms with van der Waals surface area (Å²) < 4.78 is 12.7. The van der Waals surface area contributed by atoms with Crippen molar-refractivity contribution in [2.75, 3.05) is 19.8 Å². The molecule has 0 aliphatic carbocycles. The first-order valence-electron chi connectivity index (χ1n) is 10.4. The number of aromatic nitrogens is 2. The molecule has 7 nitrogen and oxygen atoms in total. The van der Waals surface area contributed by atoms with Crippen LogP contribution in [-0.4, -0.2) is 46.5 Å². The summed E-state index contributed by atoms with van der Waals surface area (Å²) >= 11 is 1.61. The lowest BCUT2D eigenvalue weighted by atomic mass is 10.2. The molecule has 1 aliphatic rings. The molecule has 8 heteroatoms. The molecule has 0 bridgehead atoms. The molecule has 31 heavy (non-hydrogen) atoms. The van der Waals surface area contributed by atoms with Gasteiger partial charge in [0.05, 0.1) is 19.2 Å². The Bertz CT molecular complexity index is 1030. The highest BCUT2D eigenvalue weighted by Gasteiger charge is 2.25. The third-order valence-electron chi connectivity index (χ3n) is 5.06. The summed E-state index contributed by atoms with van der Waals surface area (Å²) in [5.74, 6) is 0.517. The van der Waals surface area contributed by atoms with Gasteiger partial charge in [-0.25, -0.2) is 4.68 Å². The van der Waals surface area contributed by atoms with E-state index >= 15 is 0 Å². The number of para-hydroxylation sites is 1. The number of hydrogen-bond donors (Lipinski definition) is 0. The van der Waals surface area contributed by atoms with Gasteiger partial charge >= 0.3 is 0 Å². The van der Waals surface area contributed by atoms with E-state index in [0.717, 1.165) is 30.1 Å². The second-order valence-electron chi connectivity index (χ2n) is 7.34. The van der Waals surface area contributed by atoms with Crippen LogP contribution in [0.25, 0.3) is 0 Å². The molecule has 2 aromatic heterocycles. The Morgan fingerprint density at radius 3 is 2.81 bits per heavy atom. The Kier molecular flexibility index (Phi) is 7.11. The van der Waals surface area contributed by atoms with Gasteiger partial charge in [-0.3, -0.25) is 9.59 Å². The summed E-state index contributed by atoms with van der Waals surface area (Å²) in [4.78, 5) is 28.4. The molecule has 162 valence electrons. The average molecular weight is 440 g/mol. The Morgan fingerprint density at radius 1 is 1.19 bits per heavy atom. The van der Waals surface area contributed by atoms with Gasteiger partial charge in [0.2, 0.25) is 0 Å². The van der Waals surface area contributed by atoms with Crippen LogP contribution in [-0.2, 0) is 17.8 Å². The molecule has 0 radical (unpaired) electrons. The lowest BCUT2D eigenvalue weighted by Gasteiger charge is -2.25. The van der Waals surface area contributed by atoms with Gasteiger partial charge in [0.25, 0.3) is 11.5 Å². The van der Waals surface area contributed by atoms with Crippen LogP contribution in [0.4, 0.5) is 0 Å². The van der Waals surface area contributed by atoms with E-state index in [1.807, 2.05) is 47.8 Å². The maximum Gasteiger partial charge on any atom is 0.274 e. The van der Waals surface area contributed by atoms with Crippen molar-refractivity contribution in [3.8, 4) is 5.75 Å². The summed E-state index contributed by atoms with van der Waals surface area (Å²) in [5, 5.41) is 6.32. The van der Waals surface area contributed by atoms with Crippen molar-refractivity contribution < 1.29 is 14.3 Å². The first-order valence-corrected chi connectivity index (χ1v) is 11.3. The molecule has 0 spiro atoms. The SMILES string of the molecule is O=C(c1ccc(=O)n(CCOc2ccccc2)n1)N(Cc1cccs1)CC1CCCO1. The highest BCUT2D eigenvalue weighted by molar-refractivity contribution is 7.09. The predicted octanol–water partition coefficient (Wildman–Crippen LogP) is 3.21. The van der Waals surface area contributed by atoms with E-state index in [4.69, 9.17) is 9.47 Å². The lowest BCUT2D eigenvalue weighted by molar-refractivity contribution is 0.0503. The molecule has 3 heterocycles. The lowest BCUT2D eigenvalue weighted by Crippen LogP contribution is -2.38. The van der Waals surface area contributed by atoms with Crippen molar-refractivity contribution in [2.24, 2.45) is 0 Å². The molecule has 1 amide bonds. The number of rotatable bonds is 9. The standard InChI is InChI=1S/C23H25N3O4S/c27-22-11-10-21(24-26(22)12-14-30-18-6-2-1-3-7-18)23(28)25(16-19-8-4-13-29-19)17-20-9-5-15-31-20/h1-3,5-7,9-11,15,19H,4,8,12-14,16-17H2. The van der Waals surface area contributed by atoms with E-state index in [0.29, 0.717) is 13.1 Å². The highest BCUT2D eigenvalue weighted by atomic mass is 32.1. The zero-order chi connectivity index (χ0) is 21.5. The Hall–Kier alpha value is -2.97. The minimum atomic E-state index is -0.267. The molecule has 1 unspecified atom stereocenters. The molecule has 1 fully saturated rings. The van der Waals surface area contributed by atoms with Gasteiger partial charge in [0.15, 0.2) is 0 Å². The first kappa shape index (κ1) is 21.3. The quantitative estimate of drug-likeness (QED) is 0.512. The van der Waals surface area contributed by atoms with E-state index in [1.54, 1.807) is 16.2 Å². The molecule has 0 N–H and O–H groups in total. The third kappa shape index (κ3) is 5.80. The zero-order valence-electron chi connectivity index (χ0n) is 17.2. The third-order valence-corrected chi connectivity index (χ3v) is 5.92. The largest absolute Gasteiger partial charge is 0.492 e. The maximum atomic E-state index is 13.3. The Balaban J connectivity index is 1.46. The van der Waals surface area contributed by atoms with Crippen molar-refractivity contribution in [3.05, 3.63) is 80.9 Å². The monoisotopic (exact) mass is 439 g/mol. The molecule has 1 aliphatic heterocycles. The molecular weight excluding hydrogens is 414 g/mol. The molecule has 1 atom stereocenters. The summed E-state index contributed by atoms with van der Waals surface area (Å²) in [5.41, 5.74) is -0.0222. The van der Waals surface area contributed by atoms with Crippen LogP contribution in [0.15, 0.2) is 64.8 Å². The van der Waals surface area contributed by atoms with Crippen molar-refractivity contribution in [1.82, 2.24) is 14.7 Å².